The average molecular weight is 282 g/mol. The molecule has 0 amide bonds. The predicted molar refractivity (Wildman–Crippen MR) is 79.8 cm³/mol. The smallest absolute Gasteiger partial charge is 0.157 e. The van der Waals surface area contributed by atoms with E-state index in [0.717, 1.165) is 32.2 Å². The molecule has 0 spiro atoms. The highest BCUT2D eigenvalue weighted by molar-refractivity contribution is 4.87. The minimum atomic E-state index is 0.0672. The van der Waals surface area contributed by atoms with Crippen molar-refractivity contribution < 1.29 is 9.47 Å². The topological polar surface area (TPSA) is 33.7 Å². The summed E-state index contributed by atoms with van der Waals surface area (Å²) in [5, 5.41) is 3.66. The fraction of sp³-hybridized carbons (Fsp3) is 1.00. The van der Waals surface area contributed by atoms with Gasteiger partial charge in [0.15, 0.2) is 6.29 Å². The normalized spacial score (nSPS) is 31.6. The minimum absolute atomic E-state index is 0.0672. The van der Waals surface area contributed by atoms with E-state index in [4.69, 9.17) is 9.47 Å². The standard InChI is InChI=1S/C16H30N2O2/c1-3-9-17-14(5-1)13-18(15-7-8-15)10-12-20-16-6-2-4-11-19-16/h14-17H,1-13H2. The van der Waals surface area contributed by atoms with E-state index in [-0.39, 0.29) is 6.29 Å². The van der Waals surface area contributed by atoms with Crippen molar-refractivity contribution in [3.63, 3.8) is 0 Å². The molecule has 20 heavy (non-hydrogen) atoms. The third-order valence-electron chi connectivity index (χ3n) is 4.75. The zero-order chi connectivity index (χ0) is 13.6. The Hall–Kier alpha value is -0.160. The third kappa shape index (κ3) is 4.69. The van der Waals surface area contributed by atoms with Crippen LogP contribution in [-0.4, -0.2) is 56.1 Å². The summed E-state index contributed by atoms with van der Waals surface area (Å²) < 4.78 is 11.5. The molecule has 0 aromatic heterocycles. The lowest BCUT2D eigenvalue weighted by molar-refractivity contribution is -0.164. The summed E-state index contributed by atoms with van der Waals surface area (Å²) in [6, 6.07) is 1.53. The van der Waals surface area contributed by atoms with Crippen molar-refractivity contribution in [3.05, 3.63) is 0 Å². The molecule has 1 aliphatic carbocycles. The van der Waals surface area contributed by atoms with Gasteiger partial charge in [0.05, 0.1) is 6.61 Å². The number of nitrogens with one attached hydrogen (secondary N) is 1. The Bertz CT molecular complexity index is 272. The SMILES string of the molecule is C1CCC(CN(CCOC2CCCCO2)C2CC2)NC1. The van der Waals surface area contributed by atoms with Crippen molar-refractivity contribution in [2.45, 2.75) is 69.7 Å². The summed E-state index contributed by atoms with van der Waals surface area (Å²) in [5.74, 6) is 0. The predicted octanol–water partition coefficient (Wildman–Crippen LogP) is 2.14. The highest BCUT2D eigenvalue weighted by Crippen LogP contribution is 2.27. The maximum Gasteiger partial charge on any atom is 0.157 e. The van der Waals surface area contributed by atoms with Gasteiger partial charge in [0.1, 0.15) is 0 Å². The number of hydrogen-bond acceptors (Lipinski definition) is 4. The third-order valence-corrected chi connectivity index (χ3v) is 4.75. The summed E-state index contributed by atoms with van der Waals surface area (Å²) in [4.78, 5) is 2.64. The van der Waals surface area contributed by atoms with Gasteiger partial charge < -0.3 is 14.8 Å². The van der Waals surface area contributed by atoms with Gasteiger partial charge in [0.25, 0.3) is 0 Å². The summed E-state index contributed by atoms with van der Waals surface area (Å²) in [5.41, 5.74) is 0. The van der Waals surface area contributed by atoms with Crippen LogP contribution >= 0.6 is 0 Å². The summed E-state index contributed by atoms with van der Waals surface area (Å²) >= 11 is 0. The van der Waals surface area contributed by atoms with E-state index in [1.165, 1.54) is 58.0 Å². The molecule has 2 aliphatic heterocycles. The second kappa shape index (κ2) is 7.74. The van der Waals surface area contributed by atoms with Crippen molar-refractivity contribution in [1.29, 1.82) is 0 Å². The van der Waals surface area contributed by atoms with Gasteiger partial charge in [0, 0.05) is 31.8 Å². The Kier molecular flexibility index (Phi) is 5.71. The molecule has 3 fully saturated rings. The van der Waals surface area contributed by atoms with E-state index in [2.05, 4.69) is 10.2 Å². The van der Waals surface area contributed by atoms with E-state index in [1.807, 2.05) is 0 Å². The fourth-order valence-corrected chi connectivity index (χ4v) is 3.37. The first-order valence-corrected chi connectivity index (χ1v) is 8.62. The van der Waals surface area contributed by atoms with Crippen molar-refractivity contribution in [3.8, 4) is 0 Å². The van der Waals surface area contributed by atoms with Crippen molar-refractivity contribution in [2.24, 2.45) is 0 Å². The molecule has 0 bridgehead atoms. The van der Waals surface area contributed by atoms with E-state index < -0.39 is 0 Å². The van der Waals surface area contributed by atoms with Gasteiger partial charge in [-0.05, 0) is 51.5 Å². The van der Waals surface area contributed by atoms with Crippen molar-refractivity contribution >= 4 is 0 Å². The largest absolute Gasteiger partial charge is 0.353 e. The number of hydrogen-bond donors (Lipinski definition) is 1. The molecule has 2 atom stereocenters. The van der Waals surface area contributed by atoms with E-state index >= 15 is 0 Å². The molecule has 0 aromatic carbocycles. The molecule has 3 aliphatic rings. The lowest BCUT2D eigenvalue weighted by Crippen LogP contribution is -2.45. The Labute approximate surface area is 123 Å². The lowest BCUT2D eigenvalue weighted by atomic mass is 10.0. The summed E-state index contributed by atoms with van der Waals surface area (Å²) in [6.07, 6.45) is 10.4. The molecule has 3 rings (SSSR count). The van der Waals surface area contributed by atoms with Crippen molar-refractivity contribution in [2.75, 3.05) is 32.8 Å². The number of piperidine rings is 1. The van der Waals surface area contributed by atoms with E-state index in [1.54, 1.807) is 0 Å². The molecule has 2 unspecified atom stereocenters. The minimum Gasteiger partial charge on any atom is -0.353 e. The van der Waals surface area contributed by atoms with Gasteiger partial charge in [-0.1, -0.05) is 6.42 Å². The molecule has 0 radical (unpaired) electrons. The summed E-state index contributed by atoms with van der Waals surface area (Å²) in [7, 11) is 0. The van der Waals surface area contributed by atoms with Gasteiger partial charge in [-0.2, -0.15) is 0 Å². The Morgan fingerprint density at radius 1 is 1.05 bits per heavy atom. The highest BCUT2D eigenvalue weighted by Gasteiger charge is 2.30. The molecule has 116 valence electrons. The number of nitrogens with zero attached hydrogens (tertiary/aromatic N) is 1. The van der Waals surface area contributed by atoms with Crippen LogP contribution in [-0.2, 0) is 9.47 Å². The lowest BCUT2D eigenvalue weighted by Gasteiger charge is -2.31. The molecule has 2 heterocycles. The van der Waals surface area contributed by atoms with Gasteiger partial charge in [-0.15, -0.1) is 0 Å². The first kappa shape index (κ1) is 14.8. The Morgan fingerprint density at radius 3 is 2.65 bits per heavy atom. The van der Waals surface area contributed by atoms with Gasteiger partial charge in [0.2, 0.25) is 0 Å². The average Bonchev–Trinajstić information content (AvgIpc) is 3.33. The monoisotopic (exact) mass is 282 g/mol. The van der Waals surface area contributed by atoms with Crippen LogP contribution in [0.1, 0.15) is 51.4 Å². The fourth-order valence-electron chi connectivity index (χ4n) is 3.37. The highest BCUT2D eigenvalue weighted by atomic mass is 16.7. The van der Waals surface area contributed by atoms with Crippen LogP contribution in [0.3, 0.4) is 0 Å². The van der Waals surface area contributed by atoms with E-state index in [9.17, 15) is 0 Å². The zero-order valence-electron chi connectivity index (χ0n) is 12.7. The molecule has 0 aromatic rings. The number of ether oxygens (including phenoxy) is 2. The van der Waals surface area contributed by atoms with Gasteiger partial charge in [-0.25, -0.2) is 0 Å². The maximum atomic E-state index is 5.90. The first-order valence-electron chi connectivity index (χ1n) is 8.62. The Balaban J connectivity index is 1.36. The first-order chi connectivity index (χ1) is 9.92. The van der Waals surface area contributed by atoms with Crippen LogP contribution in [0.4, 0.5) is 0 Å². The summed E-state index contributed by atoms with van der Waals surface area (Å²) in [6.45, 7) is 5.19. The van der Waals surface area contributed by atoms with Crippen LogP contribution in [0.15, 0.2) is 0 Å². The molecule has 4 heteroatoms. The van der Waals surface area contributed by atoms with Gasteiger partial charge >= 0.3 is 0 Å². The molecule has 4 nitrogen and oxygen atoms in total. The molecule has 2 saturated heterocycles. The quantitative estimate of drug-likeness (QED) is 0.775. The van der Waals surface area contributed by atoms with Crippen LogP contribution in [0.5, 0.6) is 0 Å². The molecular formula is C16H30N2O2. The van der Waals surface area contributed by atoms with Crippen LogP contribution in [0, 0.1) is 0 Å². The second-order valence-electron chi connectivity index (χ2n) is 6.54. The van der Waals surface area contributed by atoms with Crippen LogP contribution in [0.2, 0.25) is 0 Å². The molecule has 1 N–H and O–H groups in total. The van der Waals surface area contributed by atoms with E-state index in [0.29, 0.717) is 6.04 Å². The Morgan fingerprint density at radius 2 is 1.95 bits per heavy atom. The molecule has 1 saturated carbocycles. The second-order valence-corrected chi connectivity index (χ2v) is 6.54. The maximum absolute atomic E-state index is 5.90. The van der Waals surface area contributed by atoms with Gasteiger partial charge in [-0.3, -0.25) is 4.90 Å². The van der Waals surface area contributed by atoms with Crippen LogP contribution in [0.25, 0.3) is 0 Å². The van der Waals surface area contributed by atoms with Crippen molar-refractivity contribution in [1.82, 2.24) is 10.2 Å². The number of rotatable bonds is 7. The zero-order valence-corrected chi connectivity index (χ0v) is 12.7. The van der Waals surface area contributed by atoms with Crippen LogP contribution < -0.4 is 5.32 Å². The molecular weight excluding hydrogens is 252 g/mol.